The molecule has 0 aliphatic heterocycles. The van der Waals surface area contributed by atoms with Crippen LogP contribution in [0.25, 0.3) is 6.08 Å². The monoisotopic (exact) mass is 493 g/mol. The Morgan fingerprint density at radius 3 is 2.03 bits per heavy atom. The average molecular weight is 494 g/mol. The third-order valence-electron chi connectivity index (χ3n) is 5.87. The number of nitro groups is 1. The molecule has 1 N–H and O–H groups in total. The van der Waals surface area contributed by atoms with Crippen LogP contribution in [0.15, 0.2) is 115 Å². The molecule has 0 radical (unpaired) electrons. The molecule has 0 heterocycles. The molecule has 7 heteroatoms. The average Bonchev–Trinajstić information content (AvgIpc) is 2.94. The summed E-state index contributed by atoms with van der Waals surface area (Å²) in [5.74, 6) is 0.739. The van der Waals surface area contributed by atoms with Crippen molar-refractivity contribution in [1.82, 2.24) is 4.90 Å². The van der Waals surface area contributed by atoms with Gasteiger partial charge in [0.15, 0.2) is 0 Å². The van der Waals surface area contributed by atoms with Crippen LogP contribution in [0.5, 0.6) is 5.75 Å². The number of carbonyl (C=O) groups is 1. The van der Waals surface area contributed by atoms with E-state index in [4.69, 9.17) is 4.74 Å². The lowest BCUT2D eigenvalue weighted by Crippen LogP contribution is -2.39. The zero-order chi connectivity index (χ0) is 26.0. The molecule has 0 bridgehead atoms. The summed E-state index contributed by atoms with van der Waals surface area (Å²) in [4.78, 5) is 26.0. The molecule has 4 aromatic rings. The van der Waals surface area contributed by atoms with Crippen LogP contribution < -0.4 is 10.1 Å². The summed E-state index contributed by atoms with van der Waals surface area (Å²) in [6.07, 6.45) is 3.85. The van der Waals surface area contributed by atoms with Gasteiger partial charge in [-0.25, -0.2) is 4.79 Å². The molecule has 0 aliphatic carbocycles. The molecule has 0 fully saturated rings. The second-order valence-electron chi connectivity index (χ2n) is 8.25. The van der Waals surface area contributed by atoms with E-state index in [9.17, 15) is 14.9 Å². The molecule has 0 saturated heterocycles. The van der Waals surface area contributed by atoms with Crippen molar-refractivity contribution in [2.45, 2.75) is 6.04 Å². The smallest absolute Gasteiger partial charge is 0.322 e. The second-order valence-corrected chi connectivity index (χ2v) is 8.25. The van der Waals surface area contributed by atoms with Crippen molar-refractivity contribution < 1.29 is 14.5 Å². The van der Waals surface area contributed by atoms with Crippen LogP contribution in [0.2, 0.25) is 0 Å². The van der Waals surface area contributed by atoms with Crippen LogP contribution in [-0.4, -0.2) is 29.5 Å². The Morgan fingerprint density at radius 2 is 1.46 bits per heavy atom. The van der Waals surface area contributed by atoms with E-state index in [2.05, 4.69) is 5.32 Å². The van der Waals surface area contributed by atoms with E-state index >= 15 is 0 Å². The molecule has 37 heavy (non-hydrogen) atoms. The van der Waals surface area contributed by atoms with Crippen molar-refractivity contribution in [3.8, 4) is 5.75 Å². The van der Waals surface area contributed by atoms with Gasteiger partial charge in [-0.05, 0) is 29.3 Å². The van der Waals surface area contributed by atoms with Crippen LogP contribution in [0.3, 0.4) is 0 Å². The SMILES string of the molecule is COc1ccccc1/C=C/CN(C(=O)Nc1ccc([N+](=O)[O-])cc1)C(c1ccccc1)c1ccccc1. The maximum Gasteiger partial charge on any atom is 0.322 e. The van der Waals surface area contributed by atoms with Gasteiger partial charge in [0, 0.05) is 29.9 Å². The number of benzene rings is 4. The van der Waals surface area contributed by atoms with Crippen molar-refractivity contribution >= 4 is 23.5 Å². The number of urea groups is 1. The van der Waals surface area contributed by atoms with E-state index in [0.717, 1.165) is 22.4 Å². The van der Waals surface area contributed by atoms with Crippen molar-refractivity contribution in [3.63, 3.8) is 0 Å². The standard InChI is InChI=1S/C30H27N3O4/c1-37-28-17-9-8-11-23(28)16-10-22-32(30(34)31-26-18-20-27(21-19-26)33(35)36)29(24-12-4-2-5-13-24)25-14-6-3-7-15-25/h2-21,29H,22H2,1H3,(H,31,34)/b16-10+. The summed E-state index contributed by atoms with van der Waals surface area (Å²) in [5, 5.41) is 13.9. The highest BCUT2D eigenvalue weighted by atomic mass is 16.6. The topological polar surface area (TPSA) is 84.7 Å². The minimum atomic E-state index is -0.471. The first kappa shape index (κ1) is 25.2. The van der Waals surface area contributed by atoms with E-state index in [1.165, 1.54) is 24.3 Å². The van der Waals surface area contributed by atoms with Gasteiger partial charge in [-0.15, -0.1) is 0 Å². The number of methoxy groups -OCH3 is 1. The number of para-hydroxylation sites is 1. The van der Waals surface area contributed by atoms with E-state index in [1.807, 2.05) is 97.1 Å². The number of anilines is 1. The molecule has 7 nitrogen and oxygen atoms in total. The number of ether oxygens (including phenoxy) is 1. The summed E-state index contributed by atoms with van der Waals surface area (Å²) in [5.41, 5.74) is 3.24. The Kier molecular flexibility index (Phi) is 8.29. The van der Waals surface area contributed by atoms with Crippen LogP contribution in [0, 0.1) is 10.1 Å². The third-order valence-corrected chi connectivity index (χ3v) is 5.87. The number of nitrogens with zero attached hydrogens (tertiary/aromatic N) is 2. The number of nitro benzene ring substituents is 1. The number of hydrogen-bond acceptors (Lipinski definition) is 4. The van der Waals surface area contributed by atoms with Gasteiger partial charge in [-0.2, -0.15) is 0 Å². The first-order valence-electron chi connectivity index (χ1n) is 11.8. The van der Waals surface area contributed by atoms with Crippen molar-refractivity contribution in [3.05, 3.63) is 142 Å². The Labute approximate surface area is 215 Å². The Balaban J connectivity index is 1.69. The van der Waals surface area contributed by atoms with Crippen LogP contribution in [-0.2, 0) is 0 Å². The summed E-state index contributed by atoms with van der Waals surface area (Å²) in [7, 11) is 1.62. The number of hydrogen-bond donors (Lipinski definition) is 1. The van der Waals surface area contributed by atoms with Crippen molar-refractivity contribution in [1.29, 1.82) is 0 Å². The summed E-state index contributed by atoms with van der Waals surface area (Å²) >= 11 is 0. The fourth-order valence-electron chi connectivity index (χ4n) is 4.09. The predicted octanol–water partition coefficient (Wildman–Crippen LogP) is 6.94. The van der Waals surface area contributed by atoms with Gasteiger partial charge < -0.3 is 15.0 Å². The lowest BCUT2D eigenvalue weighted by molar-refractivity contribution is -0.384. The summed E-state index contributed by atoms with van der Waals surface area (Å²) < 4.78 is 5.45. The molecule has 0 aromatic heterocycles. The quantitative estimate of drug-likeness (QED) is 0.202. The van der Waals surface area contributed by atoms with Crippen molar-refractivity contribution in [2.75, 3.05) is 19.0 Å². The van der Waals surface area contributed by atoms with Gasteiger partial charge in [-0.1, -0.05) is 91.0 Å². The van der Waals surface area contributed by atoms with Crippen LogP contribution in [0.4, 0.5) is 16.2 Å². The highest BCUT2D eigenvalue weighted by Crippen LogP contribution is 2.30. The first-order valence-corrected chi connectivity index (χ1v) is 11.8. The maximum atomic E-state index is 13.7. The number of nitrogens with one attached hydrogen (secondary N) is 1. The number of non-ortho nitro benzene ring substituents is 1. The lowest BCUT2D eigenvalue weighted by atomic mass is 9.97. The zero-order valence-electron chi connectivity index (χ0n) is 20.4. The van der Waals surface area contributed by atoms with Gasteiger partial charge in [0.1, 0.15) is 5.75 Å². The molecule has 0 aliphatic rings. The zero-order valence-corrected chi connectivity index (χ0v) is 20.4. The Bertz CT molecular complexity index is 1320. The lowest BCUT2D eigenvalue weighted by Gasteiger charge is -2.32. The van der Waals surface area contributed by atoms with Crippen LogP contribution >= 0.6 is 0 Å². The van der Waals surface area contributed by atoms with E-state index in [1.54, 1.807) is 12.0 Å². The first-order chi connectivity index (χ1) is 18.1. The van der Waals surface area contributed by atoms with Gasteiger partial charge in [0.05, 0.1) is 18.1 Å². The van der Waals surface area contributed by atoms with Crippen LogP contribution in [0.1, 0.15) is 22.7 Å². The molecular weight excluding hydrogens is 466 g/mol. The molecule has 186 valence electrons. The summed E-state index contributed by atoms with van der Waals surface area (Å²) in [6, 6.07) is 32.4. The minimum absolute atomic E-state index is 0.0407. The molecule has 0 saturated carbocycles. The largest absolute Gasteiger partial charge is 0.496 e. The fourth-order valence-corrected chi connectivity index (χ4v) is 4.09. The normalized spacial score (nSPS) is 10.9. The third kappa shape index (κ3) is 6.41. The van der Waals surface area contributed by atoms with E-state index in [-0.39, 0.29) is 17.8 Å². The molecule has 0 unspecified atom stereocenters. The number of carbonyl (C=O) groups excluding carboxylic acids is 1. The van der Waals surface area contributed by atoms with Gasteiger partial charge >= 0.3 is 6.03 Å². The predicted molar refractivity (Wildman–Crippen MR) is 146 cm³/mol. The summed E-state index contributed by atoms with van der Waals surface area (Å²) in [6.45, 7) is 0.297. The molecule has 4 rings (SSSR count). The minimum Gasteiger partial charge on any atom is -0.496 e. The maximum absolute atomic E-state index is 13.7. The molecule has 0 spiro atoms. The second kappa shape index (κ2) is 12.2. The van der Waals surface area contributed by atoms with E-state index in [0.29, 0.717) is 12.2 Å². The molecule has 4 aromatic carbocycles. The number of amides is 2. The van der Waals surface area contributed by atoms with Gasteiger partial charge in [0.2, 0.25) is 0 Å². The number of rotatable bonds is 9. The van der Waals surface area contributed by atoms with Crippen molar-refractivity contribution in [2.24, 2.45) is 0 Å². The highest BCUT2D eigenvalue weighted by Gasteiger charge is 2.26. The van der Waals surface area contributed by atoms with Gasteiger partial charge in [-0.3, -0.25) is 10.1 Å². The van der Waals surface area contributed by atoms with Gasteiger partial charge in [0.25, 0.3) is 5.69 Å². The molecule has 0 atom stereocenters. The highest BCUT2D eigenvalue weighted by molar-refractivity contribution is 5.90. The molecule has 2 amide bonds. The Hall–Kier alpha value is -4.91. The molecular formula is C30H27N3O4. The Morgan fingerprint density at radius 1 is 0.892 bits per heavy atom. The fraction of sp³-hybridized carbons (Fsp3) is 0.100. The van der Waals surface area contributed by atoms with E-state index < -0.39 is 4.92 Å².